The Hall–Kier alpha value is -4.20. The highest BCUT2D eigenvalue weighted by Gasteiger charge is 2.17. The van der Waals surface area contributed by atoms with Crippen LogP contribution in [0, 0.1) is 27.7 Å². The quantitative estimate of drug-likeness (QED) is 0.275. The molecule has 5 rings (SSSR count). The molecule has 5 aromatic heterocycles. The third-order valence-electron chi connectivity index (χ3n) is 5.64. The van der Waals surface area contributed by atoms with E-state index in [1.807, 2.05) is 62.1 Å². The van der Waals surface area contributed by atoms with E-state index in [9.17, 15) is 9.90 Å². The Morgan fingerprint density at radius 3 is 2.09 bits per heavy atom. The molecule has 0 saturated carbocycles. The molecule has 0 fully saturated rings. The van der Waals surface area contributed by atoms with Gasteiger partial charge in [0.1, 0.15) is 11.5 Å². The monoisotopic (exact) mass is 460 g/mol. The minimum atomic E-state index is -0.165. The molecule has 5 aromatic rings. The number of allylic oxidation sites excluding steroid dienone is 2. The lowest BCUT2D eigenvalue weighted by molar-refractivity contribution is -0.111. The van der Waals surface area contributed by atoms with Crippen molar-refractivity contribution in [2.45, 2.75) is 41.5 Å². The molecule has 5 heterocycles. The number of carbonyl (C=O) groups is 1. The van der Waals surface area contributed by atoms with Crippen LogP contribution in [0.4, 0.5) is 0 Å². The fraction of sp³-hybridized carbons (Fsp3) is 0.231. The summed E-state index contributed by atoms with van der Waals surface area (Å²) in [5.41, 5.74) is 8.22. The molecule has 0 spiro atoms. The number of Topliss-reactive ketones (excluding diaryl/α,β-unsaturated/α-hetero) is 1. The van der Waals surface area contributed by atoms with E-state index in [-0.39, 0.29) is 13.0 Å². The lowest BCUT2D eigenvalue weighted by Crippen LogP contribution is -1.99. The van der Waals surface area contributed by atoms with Crippen LogP contribution < -0.4 is 0 Å². The van der Waals surface area contributed by atoms with Gasteiger partial charge in [0.15, 0.2) is 5.78 Å². The third-order valence-corrected chi connectivity index (χ3v) is 5.64. The first-order valence-electron chi connectivity index (χ1n) is 10.9. The first-order chi connectivity index (χ1) is 16.2. The van der Waals surface area contributed by atoms with Crippen molar-refractivity contribution in [3.63, 3.8) is 0 Å². The number of aliphatic hydroxyl groups is 1. The number of aliphatic hydroxyl groups excluding tert-OH is 1. The minimum absolute atomic E-state index is 0. The number of pyridine rings is 2. The minimum Gasteiger partial charge on any atom is -0.512 e. The van der Waals surface area contributed by atoms with Crippen LogP contribution in [0.15, 0.2) is 59.3 Å². The van der Waals surface area contributed by atoms with Gasteiger partial charge in [-0.1, -0.05) is 5.16 Å². The highest BCUT2D eigenvalue weighted by Crippen LogP contribution is 2.30. The van der Waals surface area contributed by atoms with E-state index < -0.39 is 0 Å². The molecule has 8 heteroatoms. The van der Waals surface area contributed by atoms with Gasteiger partial charge in [-0.25, -0.2) is 9.03 Å². The van der Waals surface area contributed by atoms with Crippen molar-refractivity contribution in [2.75, 3.05) is 0 Å². The zero-order valence-electron chi connectivity index (χ0n) is 20.1. The second kappa shape index (κ2) is 8.97. The average molecular weight is 461 g/mol. The fourth-order valence-electron chi connectivity index (χ4n) is 4.06. The molecule has 0 bridgehead atoms. The van der Waals surface area contributed by atoms with Crippen molar-refractivity contribution in [3.05, 3.63) is 83.0 Å². The fourth-order valence-corrected chi connectivity index (χ4v) is 4.06. The summed E-state index contributed by atoms with van der Waals surface area (Å²) in [7, 11) is 0. The number of fused-ring (bicyclic) bond motifs is 2. The summed E-state index contributed by atoms with van der Waals surface area (Å²) in [4.78, 5) is 11.6. The predicted octanol–water partition coefficient (Wildman–Crippen LogP) is 5.68. The Labute approximate surface area is 198 Å². The van der Waals surface area contributed by atoms with Crippen LogP contribution in [-0.2, 0) is 4.79 Å². The van der Waals surface area contributed by atoms with E-state index in [1.54, 1.807) is 10.7 Å². The summed E-state index contributed by atoms with van der Waals surface area (Å²) in [5, 5.41) is 22.1. The van der Waals surface area contributed by atoms with Gasteiger partial charge in [-0.15, -0.1) is 0 Å². The lowest BCUT2D eigenvalue weighted by Gasteiger charge is -2.04. The normalized spacial score (nSPS) is 11.9. The van der Waals surface area contributed by atoms with Crippen molar-refractivity contribution < 1.29 is 15.9 Å². The number of hydrogen-bond acceptors (Lipinski definition) is 6. The summed E-state index contributed by atoms with van der Waals surface area (Å²) in [6.45, 7) is 10.9. The van der Waals surface area contributed by atoms with Crippen LogP contribution in [-0.4, -0.2) is 35.3 Å². The van der Waals surface area contributed by atoms with Gasteiger partial charge in [0.05, 0.1) is 40.3 Å². The van der Waals surface area contributed by atoms with E-state index >= 15 is 0 Å². The second-order valence-corrected chi connectivity index (χ2v) is 8.40. The van der Waals surface area contributed by atoms with Gasteiger partial charge in [0.2, 0.25) is 0 Å². The molecule has 0 atom stereocenters. The van der Waals surface area contributed by atoms with Crippen molar-refractivity contribution in [2.24, 2.45) is 0 Å². The van der Waals surface area contributed by atoms with Crippen LogP contribution in [0.5, 0.6) is 0 Å². The summed E-state index contributed by atoms with van der Waals surface area (Å²) < 4.78 is 8.77. The van der Waals surface area contributed by atoms with Gasteiger partial charge >= 0.3 is 0 Å². The van der Waals surface area contributed by atoms with Crippen LogP contribution in [0.2, 0.25) is 0 Å². The van der Waals surface area contributed by atoms with Gasteiger partial charge in [-0.2, -0.15) is 10.2 Å². The topological polar surface area (TPSA) is 97.9 Å². The summed E-state index contributed by atoms with van der Waals surface area (Å²) in [6.07, 6.45) is 7.26. The maximum Gasteiger partial charge on any atom is 0.163 e. The summed E-state index contributed by atoms with van der Waals surface area (Å²) in [5.74, 6) is 0.689. The van der Waals surface area contributed by atoms with Crippen LogP contribution >= 0.6 is 0 Å². The van der Waals surface area contributed by atoms with Crippen molar-refractivity contribution in [1.82, 2.24) is 24.4 Å². The van der Waals surface area contributed by atoms with E-state index in [1.165, 1.54) is 19.4 Å². The van der Waals surface area contributed by atoms with Gasteiger partial charge in [0, 0.05) is 24.9 Å². The van der Waals surface area contributed by atoms with Gasteiger partial charge in [-0.3, -0.25) is 4.79 Å². The third kappa shape index (κ3) is 4.22. The van der Waals surface area contributed by atoms with Crippen molar-refractivity contribution in [3.8, 4) is 11.1 Å². The van der Waals surface area contributed by atoms with Crippen molar-refractivity contribution >= 4 is 22.4 Å². The second-order valence-electron chi connectivity index (χ2n) is 8.40. The standard InChI is InChI=1S/C13H13N3O.C13H14N2O2.H2/c1-8-4-5-16-12(6-8)11(7-14-16)13-9(2)15-17-10(13)3;1-8-4-5-15-12(6-8)11(7-14-15)13(9(2)16)10(3)17;/h4-7H,1-3H3;4-7,16H,1-3H3;1H/b;13-9+;/i;;1+1. The largest absolute Gasteiger partial charge is 0.512 e. The van der Waals surface area contributed by atoms with Crippen LogP contribution in [0.25, 0.3) is 27.7 Å². The first-order valence-corrected chi connectivity index (χ1v) is 10.9. The number of hydrogen-bond donors (Lipinski definition) is 1. The summed E-state index contributed by atoms with van der Waals surface area (Å²) >= 11 is 0. The molecule has 1 N–H and O–H groups in total. The number of nitrogens with zero attached hydrogens (tertiary/aromatic N) is 5. The first kappa shape index (κ1) is 23.0. The average Bonchev–Trinajstić information content (AvgIpc) is 3.45. The molecule has 176 valence electrons. The van der Waals surface area contributed by atoms with Crippen molar-refractivity contribution in [1.29, 1.82) is 0 Å². The molecule has 0 amide bonds. The molecule has 0 aromatic carbocycles. The molecule has 0 saturated heterocycles. The molecular formula is C26H29N5O3. The molecule has 0 unspecified atom stereocenters. The zero-order chi connectivity index (χ0) is 24.6. The molecular weight excluding hydrogens is 430 g/mol. The predicted molar refractivity (Wildman–Crippen MR) is 133 cm³/mol. The Morgan fingerprint density at radius 2 is 1.53 bits per heavy atom. The highest BCUT2D eigenvalue weighted by atomic mass is 16.5. The van der Waals surface area contributed by atoms with Gasteiger partial charge in [0.25, 0.3) is 0 Å². The number of aromatic nitrogens is 5. The molecule has 0 aliphatic carbocycles. The number of ketones is 1. The molecule has 0 aliphatic rings. The molecule has 0 radical (unpaired) electrons. The smallest absolute Gasteiger partial charge is 0.163 e. The summed E-state index contributed by atoms with van der Waals surface area (Å²) in [6, 6.07) is 8.03. The number of rotatable bonds is 3. The van der Waals surface area contributed by atoms with E-state index in [0.29, 0.717) is 11.1 Å². The van der Waals surface area contributed by atoms with E-state index in [2.05, 4.69) is 28.3 Å². The lowest BCUT2D eigenvalue weighted by atomic mass is 10.0. The number of carbonyl (C=O) groups excluding carboxylic acids is 1. The zero-order valence-corrected chi connectivity index (χ0v) is 20.1. The SMILES string of the molecule is CC(=O)/C(=C(/C)O)c1cnn2ccc(C)cc12.Cc1ccn2ncc(-c3c(C)noc3C)c2c1.[2HH]. The van der Waals surface area contributed by atoms with E-state index in [4.69, 9.17) is 4.52 Å². The maximum atomic E-state index is 11.6. The van der Waals surface area contributed by atoms with Gasteiger partial charge in [-0.05, 0) is 76.9 Å². The van der Waals surface area contributed by atoms with Gasteiger partial charge < -0.3 is 9.63 Å². The van der Waals surface area contributed by atoms with Crippen LogP contribution in [0.3, 0.4) is 0 Å². The number of aryl methyl sites for hydroxylation is 4. The van der Waals surface area contributed by atoms with Crippen LogP contribution in [0.1, 0.15) is 43.4 Å². The van der Waals surface area contributed by atoms with E-state index in [0.717, 1.165) is 39.2 Å². The Balaban J connectivity index is 0.000000190. The highest BCUT2D eigenvalue weighted by molar-refractivity contribution is 6.21. The maximum absolute atomic E-state index is 11.6. The molecule has 8 nitrogen and oxygen atoms in total. The Morgan fingerprint density at radius 1 is 0.941 bits per heavy atom. The Kier molecular flexibility index (Phi) is 6.06. The molecule has 0 aliphatic heterocycles. The Bertz CT molecular complexity index is 1530. The molecule has 34 heavy (non-hydrogen) atoms.